The van der Waals surface area contributed by atoms with Gasteiger partial charge in [0.05, 0.1) is 17.3 Å². The minimum Gasteiger partial charge on any atom is -0.454 e. The maximum atomic E-state index is 14.1. The maximum Gasteiger partial charge on any atom is 0.168 e. The number of nitrogen functional groups attached to an aromatic ring is 1. The van der Waals surface area contributed by atoms with Crippen molar-refractivity contribution in [2.75, 3.05) is 17.6 Å². The Bertz CT molecular complexity index is 1200. The molecule has 0 bridgehead atoms. The summed E-state index contributed by atoms with van der Waals surface area (Å²) in [5.74, 6) is 0.0965. The molecule has 0 spiro atoms. The zero-order valence-corrected chi connectivity index (χ0v) is 16.3. The molecule has 4 rings (SSSR count). The lowest BCUT2D eigenvalue weighted by atomic mass is 10.1. The molecule has 0 aliphatic rings. The first-order chi connectivity index (χ1) is 14.5. The zero-order valence-electron chi connectivity index (χ0n) is 15.6. The van der Waals surface area contributed by atoms with Gasteiger partial charge in [0.2, 0.25) is 0 Å². The first-order valence-electron chi connectivity index (χ1n) is 9.01. The van der Waals surface area contributed by atoms with Gasteiger partial charge in [-0.1, -0.05) is 23.7 Å². The first kappa shape index (κ1) is 19.8. The third-order valence-corrected chi connectivity index (χ3v) is 4.62. The molecule has 4 aromatic rings. The first-order valence-corrected chi connectivity index (χ1v) is 9.39. The molecule has 0 aliphatic carbocycles. The van der Waals surface area contributed by atoms with Gasteiger partial charge in [-0.3, -0.25) is 0 Å². The van der Waals surface area contributed by atoms with E-state index in [9.17, 15) is 8.78 Å². The molecule has 0 fully saturated rings. The second-order valence-electron chi connectivity index (χ2n) is 6.44. The number of anilines is 2. The Kier molecular flexibility index (Phi) is 5.58. The van der Waals surface area contributed by atoms with Crippen LogP contribution in [0.4, 0.5) is 20.3 Å². The molecule has 2 heterocycles. The Labute approximate surface area is 175 Å². The summed E-state index contributed by atoms with van der Waals surface area (Å²) in [7, 11) is 0. The summed E-state index contributed by atoms with van der Waals surface area (Å²) in [6.45, 7) is 0.469. The van der Waals surface area contributed by atoms with Crippen molar-refractivity contribution in [2.45, 2.75) is 6.42 Å². The molecule has 2 aromatic carbocycles. The van der Waals surface area contributed by atoms with Gasteiger partial charge in [-0.2, -0.15) is 0 Å². The minimum absolute atomic E-state index is 0.0374. The van der Waals surface area contributed by atoms with Crippen LogP contribution in [-0.4, -0.2) is 21.5 Å². The van der Waals surface area contributed by atoms with Crippen molar-refractivity contribution in [3.05, 3.63) is 77.3 Å². The van der Waals surface area contributed by atoms with Gasteiger partial charge < -0.3 is 15.8 Å². The van der Waals surface area contributed by atoms with E-state index in [1.54, 1.807) is 12.1 Å². The number of ether oxygens (including phenoxy) is 1. The van der Waals surface area contributed by atoms with Gasteiger partial charge in [0.25, 0.3) is 0 Å². The van der Waals surface area contributed by atoms with Gasteiger partial charge in [-0.05, 0) is 36.2 Å². The van der Waals surface area contributed by atoms with Crippen LogP contribution in [0.1, 0.15) is 5.56 Å². The van der Waals surface area contributed by atoms with Crippen LogP contribution in [-0.2, 0) is 6.42 Å². The Morgan fingerprint density at radius 1 is 1.00 bits per heavy atom. The van der Waals surface area contributed by atoms with Gasteiger partial charge in [-0.25, -0.2) is 23.7 Å². The minimum atomic E-state index is -0.594. The second kappa shape index (κ2) is 8.46. The van der Waals surface area contributed by atoms with Crippen molar-refractivity contribution >= 4 is 34.0 Å². The molecule has 0 unspecified atom stereocenters. The number of aromatic nitrogens is 3. The van der Waals surface area contributed by atoms with Gasteiger partial charge in [0.1, 0.15) is 40.2 Å². The third-order valence-electron chi connectivity index (χ3n) is 4.41. The van der Waals surface area contributed by atoms with Crippen LogP contribution in [0.15, 0.2) is 55.0 Å². The zero-order chi connectivity index (χ0) is 21.1. The number of rotatable bonds is 6. The average molecular weight is 428 g/mol. The van der Waals surface area contributed by atoms with Crippen LogP contribution in [0.5, 0.6) is 11.5 Å². The highest BCUT2D eigenvalue weighted by atomic mass is 35.5. The highest BCUT2D eigenvalue weighted by Gasteiger charge is 2.12. The quantitative estimate of drug-likeness (QED) is 0.422. The summed E-state index contributed by atoms with van der Waals surface area (Å²) in [5.41, 5.74) is 7.22. The molecule has 3 N–H and O–H groups in total. The van der Waals surface area contributed by atoms with E-state index >= 15 is 0 Å². The molecule has 0 saturated heterocycles. The molecule has 9 heteroatoms. The van der Waals surface area contributed by atoms with Crippen LogP contribution in [0.3, 0.4) is 0 Å². The lowest BCUT2D eigenvalue weighted by Crippen LogP contribution is -2.08. The largest absolute Gasteiger partial charge is 0.454 e. The normalized spacial score (nSPS) is 10.9. The average Bonchev–Trinajstić information content (AvgIpc) is 2.74. The lowest BCUT2D eigenvalue weighted by molar-refractivity contribution is 0.482. The molecular weight excluding hydrogens is 412 g/mol. The summed E-state index contributed by atoms with van der Waals surface area (Å²) in [6, 6.07) is 11.0. The standard InChI is InChI=1S/C21H16ClF2N5O/c22-18-9-16(25)17(10-27-18)30-13-3-1-12(2-4-13)7-8-26-21-19-14(23)5-6-15(24)20(19)28-11-29-21/h1-6,9-11H,7-8H2,(H2,25,27)(H,26,28,29). The summed E-state index contributed by atoms with van der Waals surface area (Å²) in [6.07, 6.45) is 3.30. The molecule has 2 aromatic heterocycles. The lowest BCUT2D eigenvalue weighted by Gasteiger charge is -2.10. The smallest absolute Gasteiger partial charge is 0.168 e. The van der Waals surface area contributed by atoms with E-state index in [4.69, 9.17) is 22.1 Å². The monoisotopic (exact) mass is 427 g/mol. The van der Waals surface area contributed by atoms with E-state index in [-0.39, 0.29) is 16.7 Å². The summed E-state index contributed by atoms with van der Waals surface area (Å²) < 4.78 is 33.7. The van der Waals surface area contributed by atoms with E-state index in [2.05, 4.69) is 20.3 Å². The highest BCUT2D eigenvalue weighted by Crippen LogP contribution is 2.28. The van der Waals surface area contributed by atoms with Gasteiger partial charge in [-0.15, -0.1) is 0 Å². The highest BCUT2D eigenvalue weighted by molar-refractivity contribution is 6.29. The van der Waals surface area contributed by atoms with Crippen LogP contribution in [0.2, 0.25) is 5.15 Å². The van der Waals surface area contributed by atoms with Crippen molar-refractivity contribution in [1.29, 1.82) is 0 Å². The number of benzene rings is 2. The fraction of sp³-hybridized carbons (Fsp3) is 0.0952. The number of fused-ring (bicyclic) bond motifs is 1. The van der Waals surface area contributed by atoms with E-state index < -0.39 is 11.6 Å². The number of nitrogens with two attached hydrogens (primary N) is 1. The number of nitrogens with one attached hydrogen (secondary N) is 1. The van der Waals surface area contributed by atoms with Crippen LogP contribution in [0.25, 0.3) is 10.9 Å². The third kappa shape index (κ3) is 4.23. The van der Waals surface area contributed by atoms with Crippen LogP contribution >= 0.6 is 11.6 Å². The van der Waals surface area contributed by atoms with Crippen LogP contribution in [0, 0.1) is 11.6 Å². The van der Waals surface area contributed by atoms with E-state index in [1.807, 2.05) is 12.1 Å². The van der Waals surface area contributed by atoms with Crippen molar-refractivity contribution < 1.29 is 13.5 Å². The van der Waals surface area contributed by atoms with Gasteiger partial charge in [0, 0.05) is 12.6 Å². The Hall–Kier alpha value is -3.52. The van der Waals surface area contributed by atoms with Crippen molar-refractivity contribution in [3.63, 3.8) is 0 Å². The fourth-order valence-electron chi connectivity index (χ4n) is 2.93. The van der Waals surface area contributed by atoms with E-state index in [1.165, 1.54) is 18.6 Å². The predicted octanol–water partition coefficient (Wildman–Crippen LogP) is 4.99. The Morgan fingerprint density at radius 2 is 1.77 bits per heavy atom. The van der Waals surface area contributed by atoms with Crippen molar-refractivity contribution in [1.82, 2.24) is 15.0 Å². The molecular formula is C21H16ClF2N5O. The summed E-state index contributed by atoms with van der Waals surface area (Å²) in [5, 5.41) is 3.38. The molecule has 30 heavy (non-hydrogen) atoms. The van der Waals surface area contributed by atoms with Crippen molar-refractivity contribution in [2.24, 2.45) is 0 Å². The molecule has 0 amide bonds. The predicted molar refractivity (Wildman–Crippen MR) is 112 cm³/mol. The molecule has 0 atom stereocenters. The number of hydrogen-bond donors (Lipinski definition) is 2. The number of nitrogens with zero attached hydrogens (tertiary/aromatic N) is 3. The fourth-order valence-corrected chi connectivity index (χ4v) is 3.10. The van der Waals surface area contributed by atoms with Crippen molar-refractivity contribution in [3.8, 4) is 11.5 Å². The van der Waals surface area contributed by atoms with E-state index in [0.717, 1.165) is 17.7 Å². The van der Waals surface area contributed by atoms with E-state index in [0.29, 0.717) is 35.3 Å². The molecule has 0 saturated carbocycles. The topological polar surface area (TPSA) is 86.0 Å². The van der Waals surface area contributed by atoms with Gasteiger partial charge >= 0.3 is 0 Å². The molecule has 152 valence electrons. The molecule has 6 nitrogen and oxygen atoms in total. The SMILES string of the molecule is Nc1cc(Cl)ncc1Oc1ccc(CCNc2ncnc3c(F)ccc(F)c23)cc1. The second-order valence-corrected chi connectivity index (χ2v) is 6.83. The maximum absolute atomic E-state index is 14.1. The molecule has 0 radical (unpaired) electrons. The summed E-state index contributed by atoms with van der Waals surface area (Å²) >= 11 is 5.78. The Balaban J connectivity index is 1.40. The number of pyridine rings is 1. The number of hydrogen-bond acceptors (Lipinski definition) is 6. The number of halogens is 3. The molecule has 0 aliphatic heterocycles. The van der Waals surface area contributed by atoms with Gasteiger partial charge in [0.15, 0.2) is 5.75 Å². The Morgan fingerprint density at radius 3 is 2.53 bits per heavy atom. The summed E-state index contributed by atoms with van der Waals surface area (Å²) in [4.78, 5) is 11.8. The van der Waals surface area contributed by atoms with Crippen LogP contribution < -0.4 is 15.8 Å².